The van der Waals surface area contributed by atoms with E-state index in [-0.39, 0.29) is 0 Å². The van der Waals surface area contributed by atoms with Gasteiger partial charge in [0.1, 0.15) is 17.2 Å². The maximum atomic E-state index is 6.08. The van der Waals surface area contributed by atoms with E-state index in [1.807, 2.05) is 11.8 Å². The van der Waals surface area contributed by atoms with Crippen LogP contribution < -0.4 is 10.6 Å². The third kappa shape index (κ3) is 2.46. The summed E-state index contributed by atoms with van der Waals surface area (Å²) in [6.07, 6.45) is 2.62. The molecule has 0 aliphatic carbocycles. The smallest absolute Gasteiger partial charge is 0.153 e. The van der Waals surface area contributed by atoms with E-state index >= 15 is 0 Å². The Morgan fingerprint density at radius 3 is 3.07 bits per heavy atom. The van der Waals surface area contributed by atoms with Gasteiger partial charge in [-0.25, -0.2) is 9.97 Å². The average Bonchev–Trinajstić information content (AvgIpc) is 2.50. The summed E-state index contributed by atoms with van der Waals surface area (Å²) in [4.78, 5) is 10.2. The molecule has 4 nitrogen and oxygen atoms in total. The number of nitrogen functional groups attached to an aromatic ring is 1. The molecule has 0 amide bonds. The minimum absolute atomic E-state index is 0.360. The lowest BCUT2D eigenvalue weighted by Gasteiger charge is -2.21. The maximum absolute atomic E-state index is 6.08. The van der Waals surface area contributed by atoms with Crippen molar-refractivity contribution in [2.45, 2.75) is 6.42 Å². The van der Waals surface area contributed by atoms with E-state index in [1.165, 1.54) is 12.1 Å². The summed E-state index contributed by atoms with van der Waals surface area (Å²) in [5.74, 6) is 3.44. The van der Waals surface area contributed by atoms with Crippen molar-refractivity contribution in [2.24, 2.45) is 0 Å². The molecule has 1 saturated heterocycles. The van der Waals surface area contributed by atoms with Crippen LogP contribution in [0.2, 0.25) is 5.02 Å². The lowest BCUT2D eigenvalue weighted by Crippen LogP contribution is -2.27. The molecule has 1 aromatic rings. The Morgan fingerprint density at radius 1 is 1.33 bits per heavy atom. The molecule has 2 heterocycles. The normalized spacial score (nSPS) is 17.5. The molecular weight excluding hydrogens is 232 g/mol. The minimum Gasteiger partial charge on any atom is -0.382 e. The van der Waals surface area contributed by atoms with Gasteiger partial charge in [-0.3, -0.25) is 0 Å². The molecule has 15 heavy (non-hydrogen) atoms. The fourth-order valence-corrected chi connectivity index (χ4v) is 2.66. The summed E-state index contributed by atoms with van der Waals surface area (Å²) in [6, 6.07) is 0. The lowest BCUT2D eigenvalue weighted by atomic mass is 10.4. The molecule has 6 heteroatoms. The van der Waals surface area contributed by atoms with Gasteiger partial charge in [-0.2, -0.15) is 11.8 Å². The van der Waals surface area contributed by atoms with E-state index < -0.39 is 0 Å². The summed E-state index contributed by atoms with van der Waals surface area (Å²) in [5.41, 5.74) is 5.65. The molecule has 1 fully saturated rings. The molecule has 1 aliphatic heterocycles. The molecule has 0 saturated carbocycles. The Balaban J connectivity index is 2.23. The van der Waals surface area contributed by atoms with Crippen molar-refractivity contribution in [1.82, 2.24) is 9.97 Å². The number of rotatable bonds is 1. The Kier molecular flexibility index (Phi) is 3.53. The zero-order chi connectivity index (χ0) is 10.7. The number of hydrogen-bond acceptors (Lipinski definition) is 5. The van der Waals surface area contributed by atoms with E-state index in [0.717, 1.165) is 31.1 Å². The van der Waals surface area contributed by atoms with Gasteiger partial charge < -0.3 is 10.6 Å². The topological polar surface area (TPSA) is 55.0 Å². The number of nitrogens with zero attached hydrogens (tertiary/aromatic N) is 3. The summed E-state index contributed by atoms with van der Waals surface area (Å²) in [7, 11) is 0. The van der Waals surface area contributed by atoms with Crippen LogP contribution in [0.15, 0.2) is 6.33 Å². The van der Waals surface area contributed by atoms with Gasteiger partial charge in [0.15, 0.2) is 5.82 Å². The van der Waals surface area contributed by atoms with Crippen LogP contribution >= 0.6 is 23.4 Å². The van der Waals surface area contributed by atoms with Crippen molar-refractivity contribution in [3.63, 3.8) is 0 Å². The standard InChI is InChI=1S/C9H13ClN4S/c10-7-8(11)12-6-13-9(7)14-2-1-4-15-5-3-14/h6H,1-5H2,(H2,11,12,13). The van der Waals surface area contributed by atoms with E-state index in [0.29, 0.717) is 10.8 Å². The second-order valence-electron chi connectivity index (χ2n) is 3.35. The van der Waals surface area contributed by atoms with E-state index in [2.05, 4.69) is 14.9 Å². The monoisotopic (exact) mass is 244 g/mol. The van der Waals surface area contributed by atoms with Gasteiger partial charge in [0.2, 0.25) is 0 Å². The number of thioether (sulfide) groups is 1. The second-order valence-corrected chi connectivity index (χ2v) is 4.95. The van der Waals surface area contributed by atoms with E-state index in [9.17, 15) is 0 Å². The highest BCUT2D eigenvalue weighted by molar-refractivity contribution is 7.99. The molecule has 0 aromatic carbocycles. The van der Waals surface area contributed by atoms with E-state index in [4.69, 9.17) is 17.3 Å². The Hall–Kier alpha value is -0.680. The first-order valence-electron chi connectivity index (χ1n) is 4.87. The Morgan fingerprint density at radius 2 is 2.20 bits per heavy atom. The first-order chi connectivity index (χ1) is 7.29. The summed E-state index contributed by atoms with van der Waals surface area (Å²) in [6.45, 7) is 1.96. The molecule has 0 spiro atoms. The van der Waals surface area contributed by atoms with Crippen LogP contribution in [-0.4, -0.2) is 34.6 Å². The van der Waals surface area contributed by atoms with E-state index in [1.54, 1.807) is 0 Å². The number of halogens is 1. The highest BCUT2D eigenvalue weighted by Gasteiger charge is 2.15. The van der Waals surface area contributed by atoms with Crippen LogP contribution in [0.25, 0.3) is 0 Å². The fraction of sp³-hybridized carbons (Fsp3) is 0.556. The molecule has 0 unspecified atom stereocenters. The predicted octanol–water partition coefficient (Wildman–Crippen LogP) is 1.66. The quantitative estimate of drug-likeness (QED) is 0.814. The summed E-state index contributed by atoms with van der Waals surface area (Å²) in [5, 5.41) is 0.476. The molecule has 0 bridgehead atoms. The van der Waals surface area contributed by atoms with Crippen LogP contribution in [0.5, 0.6) is 0 Å². The number of nitrogens with two attached hydrogens (primary N) is 1. The Bertz CT molecular complexity index is 339. The first-order valence-corrected chi connectivity index (χ1v) is 6.41. The number of anilines is 2. The highest BCUT2D eigenvalue weighted by Crippen LogP contribution is 2.28. The van der Waals surface area contributed by atoms with Crippen molar-refractivity contribution in [3.8, 4) is 0 Å². The van der Waals surface area contributed by atoms with Gasteiger partial charge in [0.05, 0.1) is 0 Å². The molecule has 2 rings (SSSR count). The van der Waals surface area contributed by atoms with Gasteiger partial charge in [0.25, 0.3) is 0 Å². The maximum Gasteiger partial charge on any atom is 0.153 e. The third-order valence-corrected chi connectivity index (χ3v) is 3.73. The fourth-order valence-electron chi connectivity index (χ4n) is 1.55. The first kappa shape index (κ1) is 10.8. The highest BCUT2D eigenvalue weighted by atomic mass is 35.5. The van der Waals surface area contributed by atoms with Gasteiger partial charge >= 0.3 is 0 Å². The minimum atomic E-state index is 0.360. The molecule has 0 radical (unpaired) electrons. The van der Waals surface area contributed by atoms with Crippen molar-refractivity contribution < 1.29 is 0 Å². The molecule has 2 N–H and O–H groups in total. The SMILES string of the molecule is Nc1ncnc(N2CCCSCC2)c1Cl. The number of hydrogen-bond donors (Lipinski definition) is 1. The summed E-state index contributed by atoms with van der Waals surface area (Å²) < 4.78 is 0. The third-order valence-electron chi connectivity index (χ3n) is 2.32. The van der Waals surface area contributed by atoms with Gasteiger partial charge in [0, 0.05) is 18.8 Å². The van der Waals surface area contributed by atoms with Crippen LogP contribution in [0.4, 0.5) is 11.6 Å². The lowest BCUT2D eigenvalue weighted by molar-refractivity contribution is 0.799. The van der Waals surface area contributed by atoms with Crippen LogP contribution in [0.1, 0.15) is 6.42 Å². The van der Waals surface area contributed by atoms with Crippen LogP contribution in [-0.2, 0) is 0 Å². The molecule has 1 aromatic heterocycles. The summed E-state index contributed by atoms with van der Waals surface area (Å²) >= 11 is 8.05. The van der Waals surface area contributed by atoms with Gasteiger partial charge in [-0.05, 0) is 12.2 Å². The zero-order valence-corrected chi connectivity index (χ0v) is 9.89. The molecule has 82 valence electrons. The van der Waals surface area contributed by atoms with Gasteiger partial charge in [-0.1, -0.05) is 11.6 Å². The van der Waals surface area contributed by atoms with Crippen molar-refractivity contribution in [3.05, 3.63) is 11.3 Å². The number of aromatic nitrogens is 2. The second kappa shape index (κ2) is 4.90. The van der Waals surface area contributed by atoms with Crippen LogP contribution in [0.3, 0.4) is 0 Å². The van der Waals surface area contributed by atoms with Gasteiger partial charge in [-0.15, -0.1) is 0 Å². The largest absolute Gasteiger partial charge is 0.382 e. The average molecular weight is 245 g/mol. The van der Waals surface area contributed by atoms with Crippen molar-refractivity contribution in [2.75, 3.05) is 35.2 Å². The molecule has 0 atom stereocenters. The van der Waals surface area contributed by atoms with Crippen molar-refractivity contribution in [1.29, 1.82) is 0 Å². The zero-order valence-electron chi connectivity index (χ0n) is 8.32. The van der Waals surface area contributed by atoms with Crippen LogP contribution in [0, 0.1) is 0 Å². The molecule has 1 aliphatic rings. The van der Waals surface area contributed by atoms with Crippen molar-refractivity contribution >= 4 is 35.0 Å². The molecular formula is C9H13ClN4S. The predicted molar refractivity (Wildman–Crippen MR) is 65.6 cm³/mol. The Labute approximate surface area is 98.2 Å².